The smallest absolute Gasteiger partial charge is 0.270 e. The third kappa shape index (κ3) is 5.43. The van der Waals surface area contributed by atoms with E-state index in [1.165, 1.54) is 17.0 Å². The molecule has 2 aromatic carbocycles. The number of aromatic nitrogens is 2. The Hall–Kier alpha value is -3.59. The van der Waals surface area contributed by atoms with Crippen molar-refractivity contribution in [2.24, 2.45) is 5.92 Å². The molecule has 1 N–H and O–H groups in total. The highest BCUT2D eigenvalue weighted by Gasteiger charge is 2.29. The molecule has 9 nitrogen and oxygen atoms in total. The number of nitrogens with one attached hydrogen (secondary N) is 1. The molecule has 0 spiro atoms. The molecule has 1 unspecified atom stereocenters. The van der Waals surface area contributed by atoms with Crippen LogP contribution in [0.3, 0.4) is 0 Å². The van der Waals surface area contributed by atoms with Gasteiger partial charge in [0.1, 0.15) is 11.9 Å². The van der Waals surface area contributed by atoms with Crippen LogP contribution in [0.5, 0.6) is 0 Å². The molecule has 1 heterocycles. The Morgan fingerprint density at radius 3 is 2.52 bits per heavy atom. The molecule has 10 heteroatoms. The lowest BCUT2D eigenvalue weighted by Crippen LogP contribution is -2.50. The first-order chi connectivity index (χ1) is 15.6. The zero-order chi connectivity index (χ0) is 24.3. The lowest BCUT2D eigenvalue weighted by Gasteiger charge is -2.27. The minimum atomic E-state index is -0.838. The van der Waals surface area contributed by atoms with Gasteiger partial charge in [-0.25, -0.2) is 9.97 Å². The van der Waals surface area contributed by atoms with Crippen molar-refractivity contribution in [3.63, 3.8) is 0 Å². The Labute approximate surface area is 195 Å². The second kappa shape index (κ2) is 9.91. The number of hydrogen-bond acceptors (Lipinski definition) is 6. The standard InChI is InChI=1S/C23H24ClN5O4/c1-13(2)21(27-22(30)17-10-9-15(29(32)33)11-18(17)24)23(31)28(4)12-20-25-14(3)16-7-5-6-8-19(16)26-20/h5-11,13,21H,12H2,1-4H3,(H,27,30). The Bertz CT molecular complexity index is 1230. The lowest BCUT2D eigenvalue weighted by atomic mass is 10.0. The first-order valence-corrected chi connectivity index (χ1v) is 10.7. The van der Waals surface area contributed by atoms with E-state index >= 15 is 0 Å². The number of nitrogens with zero attached hydrogens (tertiary/aromatic N) is 4. The molecule has 2 amide bonds. The van der Waals surface area contributed by atoms with Gasteiger partial charge in [0.25, 0.3) is 11.6 Å². The van der Waals surface area contributed by atoms with Crippen LogP contribution < -0.4 is 5.32 Å². The number of nitro benzene ring substituents is 1. The molecule has 3 aromatic rings. The number of amides is 2. The SMILES string of the molecule is Cc1nc(CN(C)C(=O)C(NC(=O)c2ccc([N+](=O)[O-])cc2Cl)C(C)C)nc2ccccc12. The summed E-state index contributed by atoms with van der Waals surface area (Å²) in [5.41, 5.74) is 1.44. The average Bonchev–Trinajstić information content (AvgIpc) is 2.76. The van der Waals surface area contributed by atoms with E-state index in [0.29, 0.717) is 5.82 Å². The molecule has 0 saturated carbocycles. The summed E-state index contributed by atoms with van der Waals surface area (Å²) in [5, 5.41) is 14.5. The van der Waals surface area contributed by atoms with E-state index in [1.54, 1.807) is 7.05 Å². The molecule has 0 saturated heterocycles. The number of hydrogen-bond donors (Lipinski definition) is 1. The Balaban J connectivity index is 1.77. The van der Waals surface area contributed by atoms with Crippen molar-refractivity contribution in [3.8, 4) is 0 Å². The van der Waals surface area contributed by atoms with Gasteiger partial charge in [0, 0.05) is 30.3 Å². The van der Waals surface area contributed by atoms with Crippen molar-refractivity contribution in [3.05, 3.63) is 74.7 Å². The van der Waals surface area contributed by atoms with Crippen LogP contribution in [0.1, 0.15) is 35.7 Å². The molecule has 0 aliphatic heterocycles. The van der Waals surface area contributed by atoms with Gasteiger partial charge >= 0.3 is 0 Å². The summed E-state index contributed by atoms with van der Waals surface area (Å²) >= 11 is 6.07. The molecule has 3 rings (SSSR count). The van der Waals surface area contributed by atoms with E-state index in [1.807, 2.05) is 45.0 Å². The van der Waals surface area contributed by atoms with Gasteiger partial charge in [-0.3, -0.25) is 19.7 Å². The van der Waals surface area contributed by atoms with Gasteiger partial charge in [0.15, 0.2) is 0 Å². The van der Waals surface area contributed by atoms with Gasteiger partial charge in [-0.05, 0) is 25.0 Å². The van der Waals surface area contributed by atoms with Crippen LogP contribution in [-0.2, 0) is 11.3 Å². The molecule has 0 bridgehead atoms. The third-order valence-corrected chi connectivity index (χ3v) is 5.54. The highest BCUT2D eigenvalue weighted by molar-refractivity contribution is 6.34. The van der Waals surface area contributed by atoms with Crippen molar-refractivity contribution in [2.45, 2.75) is 33.4 Å². The summed E-state index contributed by atoms with van der Waals surface area (Å²) in [6, 6.07) is 10.4. The Morgan fingerprint density at radius 2 is 1.88 bits per heavy atom. The molecule has 1 aromatic heterocycles. The number of halogens is 1. The molecule has 0 radical (unpaired) electrons. The third-order valence-electron chi connectivity index (χ3n) is 5.22. The maximum absolute atomic E-state index is 13.2. The fourth-order valence-corrected chi connectivity index (χ4v) is 3.69. The van der Waals surface area contributed by atoms with E-state index in [2.05, 4.69) is 15.3 Å². The summed E-state index contributed by atoms with van der Waals surface area (Å²) in [5.74, 6) is -0.631. The fourth-order valence-electron chi connectivity index (χ4n) is 3.43. The number of nitro groups is 1. The number of carbonyl (C=O) groups excluding carboxylic acids is 2. The van der Waals surface area contributed by atoms with Crippen LogP contribution >= 0.6 is 11.6 Å². The topological polar surface area (TPSA) is 118 Å². The summed E-state index contributed by atoms with van der Waals surface area (Å²) < 4.78 is 0. The highest BCUT2D eigenvalue weighted by atomic mass is 35.5. The molecular formula is C23H24ClN5O4. The number of non-ortho nitro benzene ring substituents is 1. The predicted molar refractivity (Wildman–Crippen MR) is 125 cm³/mol. The largest absolute Gasteiger partial charge is 0.340 e. The van der Waals surface area contributed by atoms with Gasteiger partial charge in [-0.15, -0.1) is 0 Å². The van der Waals surface area contributed by atoms with E-state index in [4.69, 9.17) is 11.6 Å². The van der Waals surface area contributed by atoms with Crippen molar-refractivity contribution >= 4 is 40.0 Å². The Kier molecular flexibility index (Phi) is 7.23. The summed E-state index contributed by atoms with van der Waals surface area (Å²) in [6.45, 7) is 5.68. The fraction of sp³-hybridized carbons (Fsp3) is 0.304. The summed E-state index contributed by atoms with van der Waals surface area (Å²) in [7, 11) is 1.62. The van der Waals surface area contributed by atoms with E-state index < -0.39 is 16.9 Å². The normalized spacial score (nSPS) is 11.9. The first kappa shape index (κ1) is 24.1. The van der Waals surface area contributed by atoms with Gasteiger partial charge in [-0.2, -0.15) is 0 Å². The second-order valence-electron chi connectivity index (χ2n) is 8.05. The van der Waals surface area contributed by atoms with Gasteiger partial charge < -0.3 is 10.2 Å². The van der Waals surface area contributed by atoms with Crippen molar-refractivity contribution < 1.29 is 14.5 Å². The van der Waals surface area contributed by atoms with Crippen LogP contribution in [0.4, 0.5) is 5.69 Å². The van der Waals surface area contributed by atoms with Gasteiger partial charge in [0.05, 0.1) is 27.6 Å². The minimum absolute atomic E-state index is 0.0526. The molecule has 1 atom stereocenters. The van der Waals surface area contributed by atoms with Crippen molar-refractivity contribution in [2.75, 3.05) is 7.05 Å². The molecule has 0 aliphatic carbocycles. The molecule has 172 valence electrons. The number of aryl methyl sites for hydroxylation is 1. The number of fused-ring (bicyclic) bond motifs is 1. The second-order valence-corrected chi connectivity index (χ2v) is 8.46. The quantitative estimate of drug-likeness (QED) is 0.414. The average molecular weight is 470 g/mol. The maximum Gasteiger partial charge on any atom is 0.270 e. The van der Waals surface area contributed by atoms with E-state index in [0.717, 1.165) is 22.7 Å². The Morgan fingerprint density at radius 1 is 1.18 bits per heavy atom. The molecule has 33 heavy (non-hydrogen) atoms. The van der Waals surface area contributed by atoms with Crippen molar-refractivity contribution in [1.82, 2.24) is 20.2 Å². The molecular weight excluding hydrogens is 446 g/mol. The van der Waals surface area contributed by atoms with Crippen LogP contribution in [-0.4, -0.2) is 44.7 Å². The molecule has 0 aliphatic rings. The van der Waals surface area contributed by atoms with Crippen LogP contribution in [0.15, 0.2) is 42.5 Å². The number of likely N-dealkylation sites (N-methyl/N-ethyl adjacent to an activating group) is 1. The minimum Gasteiger partial charge on any atom is -0.340 e. The monoisotopic (exact) mass is 469 g/mol. The first-order valence-electron chi connectivity index (χ1n) is 10.3. The van der Waals surface area contributed by atoms with E-state index in [9.17, 15) is 19.7 Å². The number of benzene rings is 2. The predicted octanol–water partition coefficient (Wildman–Crippen LogP) is 3.91. The lowest BCUT2D eigenvalue weighted by molar-refractivity contribution is -0.384. The van der Waals surface area contributed by atoms with Gasteiger partial charge in [-0.1, -0.05) is 43.6 Å². The maximum atomic E-state index is 13.2. The zero-order valence-electron chi connectivity index (χ0n) is 18.7. The summed E-state index contributed by atoms with van der Waals surface area (Å²) in [6.07, 6.45) is 0. The molecule has 0 fully saturated rings. The number of para-hydroxylation sites is 1. The van der Waals surface area contributed by atoms with Gasteiger partial charge in [0.2, 0.25) is 5.91 Å². The van der Waals surface area contributed by atoms with Crippen LogP contribution in [0.2, 0.25) is 5.02 Å². The number of rotatable bonds is 7. The highest BCUT2D eigenvalue weighted by Crippen LogP contribution is 2.23. The van der Waals surface area contributed by atoms with Crippen molar-refractivity contribution in [1.29, 1.82) is 0 Å². The zero-order valence-corrected chi connectivity index (χ0v) is 19.5. The number of carbonyl (C=O) groups is 2. The van der Waals surface area contributed by atoms with E-state index in [-0.39, 0.29) is 34.6 Å². The van der Waals surface area contributed by atoms with Crippen LogP contribution in [0.25, 0.3) is 10.9 Å². The summed E-state index contributed by atoms with van der Waals surface area (Å²) in [4.78, 5) is 46.8. The van der Waals surface area contributed by atoms with Crippen LogP contribution in [0, 0.1) is 23.0 Å².